The summed E-state index contributed by atoms with van der Waals surface area (Å²) in [6.07, 6.45) is 2.33. The van der Waals surface area contributed by atoms with Gasteiger partial charge in [0.15, 0.2) is 0 Å². The van der Waals surface area contributed by atoms with Gasteiger partial charge in [0.2, 0.25) is 12.3 Å². The molecule has 0 aliphatic carbocycles. The molecule has 0 atom stereocenters. The first-order valence-electron chi connectivity index (χ1n) is 22.3. The molecule has 0 saturated carbocycles. The number of rotatable bonds is 37. The Hall–Kier alpha value is -5.05. The number of carbonyl (C=O) groups excluding carboxylic acids is 4. The molecule has 360 valence electrons. The van der Waals surface area contributed by atoms with E-state index in [1.54, 1.807) is 60.4 Å². The van der Waals surface area contributed by atoms with Crippen molar-refractivity contribution < 1.29 is 52.3 Å². The number of likely N-dealkylation sites (N-methyl/N-ethyl adjacent to an activating group) is 2. The molecule has 18 heteroatoms. The molecule has 0 aliphatic heterocycles. The number of anilines is 2. The summed E-state index contributed by atoms with van der Waals surface area (Å²) in [5.41, 5.74) is 9.06. The first-order chi connectivity index (χ1) is 31.6. The van der Waals surface area contributed by atoms with E-state index < -0.39 is 11.8 Å². The van der Waals surface area contributed by atoms with E-state index in [0.717, 1.165) is 31.7 Å². The molecule has 3 rings (SSSR count). The maximum absolute atomic E-state index is 13.7. The van der Waals surface area contributed by atoms with Gasteiger partial charge in [-0.25, -0.2) is 0 Å². The number of hydrogen-bond acceptors (Lipinski definition) is 14. The number of benzene rings is 2. The maximum Gasteiger partial charge on any atom is 0.255 e. The predicted octanol–water partition coefficient (Wildman–Crippen LogP) is 3.54. The van der Waals surface area contributed by atoms with Gasteiger partial charge in [-0.3, -0.25) is 24.2 Å². The highest BCUT2D eigenvalue weighted by Gasteiger charge is 2.19. The van der Waals surface area contributed by atoms with Gasteiger partial charge in [0.1, 0.15) is 0 Å². The molecular formula is C47H71N7O11. The summed E-state index contributed by atoms with van der Waals surface area (Å²) in [7, 11) is 3.36. The normalized spacial score (nSPS) is 11.2. The molecule has 3 aromatic rings. The third kappa shape index (κ3) is 20.8. The second-order valence-corrected chi connectivity index (χ2v) is 14.7. The summed E-state index contributed by atoms with van der Waals surface area (Å²) in [4.78, 5) is 63.1. The van der Waals surface area contributed by atoms with E-state index in [-0.39, 0.29) is 5.91 Å². The minimum atomic E-state index is -0.582. The highest BCUT2D eigenvalue weighted by atomic mass is 16.6. The maximum atomic E-state index is 13.7. The molecule has 0 spiro atoms. The molecule has 0 saturated heterocycles. The summed E-state index contributed by atoms with van der Waals surface area (Å²) in [6.45, 7) is 17.3. The zero-order valence-electron chi connectivity index (χ0n) is 39.0. The van der Waals surface area contributed by atoms with Gasteiger partial charge in [0.05, 0.1) is 97.3 Å². The molecule has 65 heavy (non-hydrogen) atoms. The van der Waals surface area contributed by atoms with Crippen molar-refractivity contribution in [3.63, 3.8) is 0 Å². The molecule has 2 aromatic carbocycles. The van der Waals surface area contributed by atoms with Crippen LogP contribution in [0.1, 0.15) is 51.8 Å². The lowest BCUT2D eigenvalue weighted by molar-refractivity contribution is -0.119. The molecule has 1 aromatic heterocycles. The molecule has 4 amide bonds. The molecule has 18 nitrogen and oxygen atoms in total. The number of nitrogens with zero attached hydrogens (tertiary/aromatic N) is 5. The summed E-state index contributed by atoms with van der Waals surface area (Å²) in [6, 6.07) is 15.4. The first kappa shape index (κ1) is 54.3. The Labute approximate surface area is 384 Å². The van der Waals surface area contributed by atoms with Crippen LogP contribution in [0.2, 0.25) is 0 Å². The van der Waals surface area contributed by atoms with Crippen molar-refractivity contribution in [1.29, 1.82) is 0 Å². The topological polar surface area (TPSA) is 197 Å². The molecule has 0 fully saturated rings. The Morgan fingerprint density at radius 3 is 1.77 bits per heavy atom. The number of nitrogens with one attached hydrogen (secondary N) is 1. The SMILES string of the molecule is CCN(CCN(C=O)CCOCCOCCOCCOCCOCCOCCOC)CCN(C)C(=O)c1cccc(C(=O)Nc2ccc(N(CC)CC)cc2-c2cc(C(N)=O)ccn2)c1. The molecule has 0 aliphatic rings. The van der Waals surface area contributed by atoms with Crippen molar-refractivity contribution in [3.8, 4) is 11.3 Å². The van der Waals surface area contributed by atoms with E-state index in [0.29, 0.717) is 152 Å². The number of ether oxygens (including phenoxy) is 7. The Morgan fingerprint density at radius 2 is 1.22 bits per heavy atom. The van der Waals surface area contributed by atoms with Crippen molar-refractivity contribution in [3.05, 3.63) is 77.5 Å². The van der Waals surface area contributed by atoms with Crippen molar-refractivity contribution >= 4 is 35.5 Å². The smallest absolute Gasteiger partial charge is 0.255 e. The Bertz CT molecular complexity index is 1830. The number of carbonyl (C=O) groups is 4. The number of aromatic nitrogens is 1. The van der Waals surface area contributed by atoms with Crippen molar-refractivity contribution in [2.24, 2.45) is 5.73 Å². The van der Waals surface area contributed by atoms with Crippen LogP contribution in [0, 0.1) is 0 Å². The molecule has 0 bridgehead atoms. The summed E-state index contributed by atoms with van der Waals surface area (Å²) in [5, 5.41) is 2.99. The minimum absolute atomic E-state index is 0.227. The van der Waals surface area contributed by atoms with Crippen LogP contribution in [0.4, 0.5) is 11.4 Å². The second-order valence-electron chi connectivity index (χ2n) is 14.7. The summed E-state index contributed by atoms with van der Waals surface area (Å²) >= 11 is 0. The molecular weight excluding hydrogens is 839 g/mol. The average molecular weight is 910 g/mol. The molecule has 0 radical (unpaired) electrons. The molecule has 1 heterocycles. The standard InChI is InChI=1S/C47H71N7O11/c1-6-52(18-19-53(37-55)20-21-60-24-25-62-28-29-64-32-33-65-31-30-63-27-26-61-23-22-59-5)17-16-51(4)47(58)40-11-9-10-39(34-40)46(57)50-43-13-12-41(54(7-2)8-3)36-42(43)44-35-38(45(48)56)14-15-49-44/h9-15,34-37H,6-8,16-33H2,1-5H3,(H2,48,56)(H,50,57). The van der Waals surface area contributed by atoms with Crippen LogP contribution in [-0.2, 0) is 38.0 Å². The fourth-order valence-electron chi connectivity index (χ4n) is 6.41. The van der Waals surface area contributed by atoms with E-state index in [1.807, 2.05) is 25.1 Å². The largest absolute Gasteiger partial charge is 0.382 e. The number of primary amides is 1. The second kappa shape index (κ2) is 32.6. The predicted molar refractivity (Wildman–Crippen MR) is 250 cm³/mol. The summed E-state index contributed by atoms with van der Waals surface area (Å²) in [5.74, 6) is -1.22. The van der Waals surface area contributed by atoms with Crippen LogP contribution in [0.5, 0.6) is 0 Å². The van der Waals surface area contributed by atoms with Gasteiger partial charge in [-0.05, 0) is 68.9 Å². The Kier molecular flexibility index (Phi) is 27.2. The minimum Gasteiger partial charge on any atom is -0.382 e. The fraction of sp³-hybridized carbons (Fsp3) is 0.553. The van der Waals surface area contributed by atoms with Crippen LogP contribution in [0.25, 0.3) is 11.3 Å². The van der Waals surface area contributed by atoms with E-state index in [2.05, 4.69) is 33.9 Å². The van der Waals surface area contributed by atoms with Crippen LogP contribution < -0.4 is 16.0 Å². The zero-order chi connectivity index (χ0) is 47.1. The third-order valence-electron chi connectivity index (χ3n) is 10.3. The van der Waals surface area contributed by atoms with E-state index in [1.165, 1.54) is 6.20 Å². The first-order valence-corrected chi connectivity index (χ1v) is 22.3. The molecule has 3 N–H and O–H groups in total. The third-order valence-corrected chi connectivity index (χ3v) is 10.3. The quantitative estimate of drug-likeness (QED) is 0.0630. The lowest BCUT2D eigenvalue weighted by atomic mass is 10.0. The fourth-order valence-corrected chi connectivity index (χ4v) is 6.41. The van der Waals surface area contributed by atoms with Crippen LogP contribution in [-0.4, -0.2) is 196 Å². The van der Waals surface area contributed by atoms with E-state index in [4.69, 9.17) is 38.9 Å². The van der Waals surface area contributed by atoms with Crippen LogP contribution in [0.3, 0.4) is 0 Å². The van der Waals surface area contributed by atoms with Gasteiger partial charge in [-0.15, -0.1) is 0 Å². The number of amides is 4. The van der Waals surface area contributed by atoms with Crippen molar-refractivity contribution in [2.45, 2.75) is 20.8 Å². The highest BCUT2D eigenvalue weighted by Crippen LogP contribution is 2.32. The molecule has 0 unspecified atom stereocenters. The van der Waals surface area contributed by atoms with Gasteiger partial charge in [-0.2, -0.15) is 0 Å². The van der Waals surface area contributed by atoms with Gasteiger partial charge < -0.3 is 63.8 Å². The van der Waals surface area contributed by atoms with Gasteiger partial charge in [-0.1, -0.05) is 13.0 Å². The summed E-state index contributed by atoms with van der Waals surface area (Å²) < 4.78 is 37.9. The number of methoxy groups -OCH3 is 1. The zero-order valence-corrected chi connectivity index (χ0v) is 39.0. The number of nitrogens with two attached hydrogens (primary N) is 1. The monoisotopic (exact) mass is 910 g/mol. The Morgan fingerprint density at radius 1 is 0.646 bits per heavy atom. The van der Waals surface area contributed by atoms with Crippen molar-refractivity contribution in [1.82, 2.24) is 19.7 Å². The van der Waals surface area contributed by atoms with Gasteiger partial charge in [0.25, 0.3) is 11.8 Å². The lowest BCUT2D eigenvalue weighted by Crippen LogP contribution is -2.40. The van der Waals surface area contributed by atoms with Crippen LogP contribution >= 0.6 is 0 Å². The Balaban J connectivity index is 1.36. The van der Waals surface area contributed by atoms with Gasteiger partial charge in [0, 0.05) is 94.1 Å². The van der Waals surface area contributed by atoms with Gasteiger partial charge >= 0.3 is 0 Å². The number of pyridine rings is 1. The van der Waals surface area contributed by atoms with Crippen LogP contribution in [0.15, 0.2) is 60.8 Å². The van der Waals surface area contributed by atoms with Crippen molar-refractivity contribution in [2.75, 3.05) is 163 Å². The lowest BCUT2D eigenvalue weighted by Gasteiger charge is -2.27. The number of hydrogen-bond donors (Lipinski definition) is 2. The van der Waals surface area contributed by atoms with E-state index >= 15 is 0 Å². The average Bonchev–Trinajstić information content (AvgIpc) is 3.33. The van der Waals surface area contributed by atoms with E-state index in [9.17, 15) is 19.2 Å². The highest BCUT2D eigenvalue weighted by molar-refractivity contribution is 6.08.